The van der Waals surface area contributed by atoms with Crippen molar-refractivity contribution in [3.05, 3.63) is 88.5 Å². The van der Waals surface area contributed by atoms with E-state index in [0.29, 0.717) is 19.3 Å². The number of aliphatic hydroxyl groups is 4. The Labute approximate surface area is 328 Å². The summed E-state index contributed by atoms with van der Waals surface area (Å²) in [5, 5.41) is 68.5. The number of carboxylic acid groups (broad SMARTS) is 1. The summed E-state index contributed by atoms with van der Waals surface area (Å²) in [6, 6.07) is 15.0. The van der Waals surface area contributed by atoms with E-state index in [4.69, 9.17) is 0 Å². The van der Waals surface area contributed by atoms with Gasteiger partial charge in [-0.15, -0.1) is 0 Å². The highest BCUT2D eigenvalue weighted by Crippen LogP contribution is 2.46. The lowest BCUT2D eigenvalue weighted by Gasteiger charge is -2.40. The second-order valence-electron chi connectivity index (χ2n) is 17.0. The van der Waals surface area contributed by atoms with Crippen molar-refractivity contribution < 1.29 is 35.4 Å². The van der Waals surface area contributed by atoms with Crippen molar-refractivity contribution in [3.63, 3.8) is 0 Å². The maximum atomic E-state index is 12.3. The van der Waals surface area contributed by atoms with Crippen LogP contribution in [0.15, 0.2) is 71.8 Å². The van der Waals surface area contributed by atoms with E-state index in [0.717, 1.165) is 92.9 Å². The predicted octanol–water partition coefficient (Wildman–Crippen LogP) is 7.68. The number of unbranched alkanes of at least 4 members (excludes halogenated alkanes) is 2. The van der Waals surface area contributed by atoms with E-state index < -0.39 is 36.3 Å². The number of carboxylic acids is 1. The summed E-state index contributed by atoms with van der Waals surface area (Å²) in [5.74, 6) is 5.85. The average Bonchev–Trinajstić information content (AvgIpc) is 3.61. The van der Waals surface area contributed by atoms with Crippen LogP contribution in [-0.2, 0) is 11.2 Å². The summed E-state index contributed by atoms with van der Waals surface area (Å²) in [6.07, 6.45) is 14.9. The first kappa shape index (κ1) is 42.7. The first-order chi connectivity index (χ1) is 26.4. The summed E-state index contributed by atoms with van der Waals surface area (Å²) in [5.41, 5.74) is 3.58. The Hall–Kier alpha value is -3.45. The van der Waals surface area contributed by atoms with Crippen LogP contribution in [0.2, 0.25) is 0 Å². The molecule has 2 aromatic rings. The summed E-state index contributed by atoms with van der Waals surface area (Å²) in [6.45, 7) is 3.73. The molecule has 0 saturated heterocycles. The molecule has 0 unspecified atom stereocenters. The third kappa shape index (κ3) is 11.8. The van der Waals surface area contributed by atoms with Crippen LogP contribution in [0.3, 0.4) is 0 Å². The highest BCUT2D eigenvalue weighted by atomic mass is 16.4. The number of fused-ring (bicyclic) bond motifs is 5. The van der Waals surface area contributed by atoms with Gasteiger partial charge in [0.15, 0.2) is 0 Å². The summed E-state index contributed by atoms with van der Waals surface area (Å²) in [4.78, 5) is 12.0. The zero-order valence-corrected chi connectivity index (χ0v) is 33.1. The zero-order chi connectivity index (χ0) is 39.4. The monoisotopic (exact) mass is 755 g/mol. The fourth-order valence-corrected chi connectivity index (χ4v) is 9.55. The Bertz CT molecular complexity index is 1660. The largest absolute Gasteiger partial charge is 0.508 e. The molecule has 0 spiro atoms. The van der Waals surface area contributed by atoms with Gasteiger partial charge in [-0.25, -0.2) is 0 Å². The minimum absolute atomic E-state index is 0.00599. The molecule has 55 heavy (non-hydrogen) atoms. The van der Waals surface area contributed by atoms with Crippen molar-refractivity contribution in [2.24, 2.45) is 11.3 Å². The number of aliphatic hydroxyl groups excluding tert-OH is 3. The number of aryl methyl sites for hydroxylation is 1. The van der Waals surface area contributed by atoms with E-state index in [1.807, 2.05) is 24.3 Å². The van der Waals surface area contributed by atoms with E-state index in [9.17, 15) is 35.4 Å². The summed E-state index contributed by atoms with van der Waals surface area (Å²) >= 11 is 0. The number of rotatable bonds is 16. The van der Waals surface area contributed by atoms with E-state index in [-0.39, 0.29) is 48.4 Å². The number of aromatic hydroxyl groups is 1. The first-order valence-electron chi connectivity index (χ1n) is 20.9. The molecule has 1 fully saturated rings. The van der Waals surface area contributed by atoms with Gasteiger partial charge in [0.05, 0.1) is 36.8 Å². The second kappa shape index (κ2) is 20.1. The van der Waals surface area contributed by atoms with Crippen LogP contribution in [0, 0.1) is 23.2 Å². The SMILES string of the molecule is CCCCC[C@H](O)/C=C/C1=C(\C[C@H](O)CO)[C@H]2NC[C@@](C)(O)[C@H](c3ccc(O)cc3)C#C[C@H](C[C@@H]2CCCC2(CC(=O)O)CCCC2)c2ccccc2CC1. The van der Waals surface area contributed by atoms with Gasteiger partial charge in [0.1, 0.15) is 5.75 Å². The van der Waals surface area contributed by atoms with Crippen LogP contribution in [0.1, 0.15) is 139 Å². The standard InChI is InChI=1S/C47H65NO7/c1-3-4-5-13-38(50)21-17-34-16-15-33-11-6-7-14-41(33)36-20-24-43(35-18-22-39(51)23-19-35)46(2,55)32-48-45(42(34)29-40(52)31-49)37(28-36)12-10-27-47(30-44(53)54)25-8-9-26-47/h6-7,11,14,17-19,21-23,36-38,40,43,45,48-52,55H,3-5,8-10,12-13,15-16,25-32H2,1-2H3,(H,53,54)/b21-17+,42-34+/t36-,37+,38+,40+,43+,45+,46-/m1/s1. The number of allylic oxidation sites excluding steroid dienone is 2. The minimum atomic E-state index is -1.33. The number of phenolic OH excluding ortho intramolecular Hbond substituents is 1. The van der Waals surface area contributed by atoms with Crippen LogP contribution in [0.4, 0.5) is 0 Å². The molecule has 1 heterocycles. The molecule has 3 aliphatic rings. The summed E-state index contributed by atoms with van der Waals surface area (Å²) < 4.78 is 0. The van der Waals surface area contributed by atoms with Crippen molar-refractivity contribution in [2.45, 2.75) is 152 Å². The maximum absolute atomic E-state index is 12.3. The van der Waals surface area contributed by atoms with Crippen LogP contribution in [0.25, 0.3) is 0 Å². The number of benzene rings is 2. The lowest BCUT2D eigenvalue weighted by Crippen LogP contribution is -2.50. The Morgan fingerprint density at radius 2 is 1.76 bits per heavy atom. The Morgan fingerprint density at radius 3 is 2.47 bits per heavy atom. The molecule has 7 atom stereocenters. The van der Waals surface area contributed by atoms with Crippen LogP contribution < -0.4 is 5.32 Å². The van der Waals surface area contributed by atoms with Crippen molar-refractivity contribution in [2.75, 3.05) is 13.2 Å². The summed E-state index contributed by atoms with van der Waals surface area (Å²) in [7, 11) is 0. The normalized spacial score (nSPS) is 27.9. The van der Waals surface area contributed by atoms with Crippen molar-refractivity contribution in [3.8, 4) is 17.6 Å². The van der Waals surface area contributed by atoms with Gasteiger partial charge in [-0.2, -0.15) is 0 Å². The molecule has 0 aromatic heterocycles. The third-order valence-electron chi connectivity index (χ3n) is 12.6. The molecule has 0 radical (unpaired) electrons. The van der Waals surface area contributed by atoms with Gasteiger partial charge < -0.3 is 36.0 Å². The highest BCUT2D eigenvalue weighted by Gasteiger charge is 2.39. The smallest absolute Gasteiger partial charge is 0.303 e. The Morgan fingerprint density at radius 1 is 1.02 bits per heavy atom. The van der Waals surface area contributed by atoms with Crippen LogP contribution >= 0.6 is 0 Å². The number of phenols is 1. The third-order valence-corrected chi connectivity index (χ3v) is 12.6. The molecular formula is C47H65NO7. The molecule has 2 bridgehead atoms. The number of β-amino-alcohol motifs (C(OH)–C–C–N with tert-alkyl or cyclic N) is 1. The minimum Gasteiger partial charge on any atom is -0.508 e. The predicted molar refractivity (Wildman–Crippen MR) is 218 cm³/mol. The van der Waals surface area contributed by atoms with Gasteiger partial charge in [0, 0.05) is 18.5 Å². The Balaban J connectivity index is 1.66. The first-order valence-corrected chi connectivity index (χ1v) is 20.9. The Kier molecular flexibility index (Phi) is 15.6. The number of carbonyl (C=O) groups is 1. The lowest BCUT2D eigenvalue weighted by molar-refractivity contribution is -0.139. The van der Waals surface area contributed by atoms with Crippen molar-refractivity contribution in [1.29, 1.82) is 0 Å². The van der Waals surface area contributed by atoms with E-state index >= 15 is 0 Å². The number of hydrogen-bond acceptors (Lipinski definition) is 7. The number of aliphatic carboxylic acids is 1. The topological polar surface area (TPSA) is 150 Å². The molecule has 5 rings (SSSR count). The van der Waals surface area contributed by atoms with Crippen molar-refractivity contribution >= 4 is 5.97 Å². The van der Waals surface area contributed by atoms with E-state index in [1.54, 1.807) is 19.1 Å². The number of nitrogens with one attached hydrogen (secondary N) is 1. The van der Waals surface area contributed by atoms with E-state index in [2.05, 4.69) is 48.3 Å². The van der Waals surface area contributed by atoms with Gasteiger partial charge in [-0.3, -0.25) is 4.79 Å². The highest BCUT2D eigenvalue weighted by molar-refractivity contribution is 5.67. The second-order valence-corrected chi connectivity index (χ2v) is 17.0. The molecule has 8 heteroatoms. The fraction of sp³-hybridized carbons (Fsp3) is 0.596. The molecule has 8 nitrogen and oxygen atoms in total. The fourth-order valence-electron chi connectivity index (χ4n) is 9.55. The lowest BCUT2D eigenvalue weighted by atomic mass is 9.72. The molecule has 2 aliphatic carbocycles. The molecule has 1 saturated carbocycles. The van der Waals surface area contributed by atoms with Crippen LogP contribution in [-0.4, -0.2) is 73.6 Å². The zero-order valence-electron chi connectivity index (χ0n) is 33.1. The van der Waals surface area contributed by atoms with Gasteiger partial charge in [0.2, 0.25) is 0 Å². The van der Waals surface area contributed by atoms with Gasteiger partial charge >= 0.3 is 5.97 Å². The molecular weight excluding hydrogens is 691 g/mol. The maximum Gasteiger partial charge on any atom is 0.303 e. The van der Waals surface area contributed by atoms with Gasteiger partial charge in [0.25, 0.3) is 0 Å². The molecule has 7 N–H and O–H groups in total. The van der Waals surface area contributed by atoms with Gasteiger partial charge in [-0.05, 0) is 116 Å². The average molecular weight is 756 g/mol. The number of hydrogen-bond donors (Lipinski definition) is 7. The van der Waals surface area contributed by atoms with Gasteiger partial charge in [-0.1, -0.05) is 106 Å². The molecule has 1 aliphatic heterocycles. The molecule has 0 amide bonds. The van der Waals surface area contributed by atoms with Crippen LogP contribution in [0.5, 0.6) is 5.75 Å². The van der Waals surface area contributed by atoms with E-state index in [1.165, 1.54) is 5.56 Å². The molecule has 2 aromatic carbocycles. The molecule has 300 valence electrons. The van der Waals surface area contributed by atoms with Crippen molar-refractivity contribution in [1.82, 2.24) is 5.32 Å². The quantitative estimate of drug-likeness (QED) is 0.0682.